The number of fused-ring (bicyclic) bond motifs is 1. The van der Waals surface area contributed by atoms with Gasteiger partial charge in [0.15, 0.2) is 0 Å². The minimum absolute atomic E-state index is 0.384. The van der Waals surface area contributed by atoms with Crippen molar-refractivity contribution in [2.45, 2.75) is 46.6 Å². The van der Waals surface area contributed by atoms with Crippen LogP contribution in [0.2, 0.25) is 0 Å². The highest BCUT2D eigenvalue weighted by molar-refractivity contribution is 5.61. The Balaban J connectivity index is 0.000000280. The Kier molecular flexibility index (Phi) is 5.42. The second-order valence-corrected chi connectivity index (χ2v) is 5.12. The number of nitrogens with two attached hydrogens (primary N) is 1. The zero-order valence-corrected chi connectivity index (χ0v) is 12.3. The van der Waals surface area contributed by atoms with Gasteiger partial charge in [0.25, 0.3) is 0 Å². The van der Waals surface area contributed by atoms with Crippen molar-refractivity contribution < 1.29 is 0 Å². The lowest BCUT2D eigenvalue weighted by atomic mass is 9.98. The van der Waals surface area contributed by atoms with E-state index in [1.54, 1.807) is 0 Å². The average Bonchev–Trinajstić information content (AvgIpc) is 2.37. The number of hydrogen-bond acceptors (Lipinski definition) is 2. The summed E-state index contributed by atoms with van der Waals surface area (Å²) in [4.78, 5) is 2.27. The molecular formula is C16H26N2. The minimum Gasteiger partial charge on any atom is -0.348 e. The molecule has 0 spiro atoms. The number of allylic oxidation sites excluding steroid dienone is 2. The van der Waals surface area contributed by atoms with E-state index in [2.05, 4.69) is 57.0 Å². The summed E-state index contributed by atoms with van der Waals surface area (Å²) in [5, 5.41) is 0. The summed E-state index contributed by atoms with van der Waals surface area (Å²) in [6.07, 6.45) is 2.19. The van der Waals surface area contributed by atoms with E-state index in [0.29, 0.717) is 6.04 Å². The van der Waals surface area contributed by atoms with Gasteiger partial charge in [-0.1, -0.05) is 25.1 Å². The fourth-order valence-electron chi connectivity index (χ4n) is 1.87. The Bertz CT molecular complexity index is 419. The number of benzene rings is 1. The summed E-state index contributed by atoms with van der Waals surface area (Å²) in [7, 11) is 2.14. The van der Waals surface area contributed by atoms with Crippen LogP contribution in [0.1, 0.15) is 39.7 Å². The van der Waals surface area contributed by atoms with Crippen molar-refractivity contribution in [1.82, 2.24) is 0 Å². The van der Waals surface area contributed by atoms with Crippen molar-refractivity contribution >= 4 is 5.69 Å². The van der Waals surface area contributed by atoms with Crippen molar-refractivity contribution in [3.05, 3.63) is 41.1 Å². The summed E-state index contributed by atoms with van der Waals surface area (Å²) in [5.74, 6) is 0. The molecule has 2 N–H and O–H groups in total. The topological polar surface area (TPSA) is 29.3 Å². The van der Waals surface area contributed by atoms with E-state index in [4.69, 9.17) is 5.73 Å². The summed E-state index contributed by atoms with van der Waals surface area (Å²) in [6.45, 7) is 8.47. The molecule has 1 unspecified atom stereocenters. The molecule has 100 valence electrons. The molecule has 1 aromatic carbocycles. The molecule has 0 amide bonds. The third kappa shape index (κ3) is 3.61. The second kappa shape index (κ2) is 6.60. The van der Waals surface area contributed by atoms with Crippen LogP contribution < -0.4 is 10.6 Å². The van der Waals surface area contributed by atoms with Crippen LogP contribution in [-0.4, -0.2) is 13.1 Å². The fraction of sp³-hybridized carbons (Fsp3) is 0.500. The molecule has 0 bridgehead atoms. The Morgan fingerprint density at radius 2 is 1.83 bits per heavy atom. The number of para-hydroxylation sites is 1. The van der Waals surface area contributed by atoms with Gasteiger partial charge in [0.05, 0.1) is 0 Å². The van der Waals surface area contributed by atoms with Crippen LogP contribution in [0.5, 0.6) is 0 Å². The quantitative estimate of drug-likeness (QED) is 0.818. The van der Waals surface area contributed by atoms with Crippen LogP contribution >= 0.6 is 0 Å². The van der Waals surface area contributed by atoms with E-state index in [0.717, 1.165) is 12.8 Å². The Labute approximate surface area is 111 Å². The van der Waals surface area contributed by atoms with E-state index in [9.17, 15) is 0 Å². The van der Waals surface area contributed by atoms with Crippen LogP contribution in [0, 0.1) is 0 Å². The Morgan fingerprint density at radius 1 is 1.28 bits per heavy atom. The molecule has 0 saturated heterocycles. The van der Waals surface area contributed by atoms with Crippen LogP contribution in [0.4, 0.5) is 5.69 Å². The van der Waals surface area contributed by atoms with Gasteiger partial charge in [-0.2, -0.15) is 0 Å². The van der Waals surface area contributed by atoms with Gasteiger partial charge in [0.2, 0.25) is 0 Å². The molecule has 0 aromatic heterocycles. The predicted octanol–water partition coefficient (Wildman–Crippen LogP) is 3.72. The molecule has 0 fully saturated rings. The highest BCUT2D eigenvalue weighted by atomic mass is 15.1. The lowest BCUT2D eigenvalue weighted by molar-refractivity contribution is 0.715. The largest absolute Gasteiger partial charge is 0.348 e. The molecule has 2 heteroatoms. The zero-order chi connectivity index (χ0) is 13.7. The van der Waals surface area contributed by atoms with Crippen molar-refractivity contribution in [2.75, 3.05) is 11.9 Å². The lowest BCUT2D eigenvalue weighted by Crippen LogP contribution is -2.21. The Hall–Kier alpha value is -1.28. The molecule has 1 heterocycles. The lowest BCUT2D eigenvalue weighted by Gasteiger charge is -2.29. The Morgan fingerprint density at radius 3 is 2.39 bits per heavy atom. The zero-order valence-electron chi connectivity index (χ0n) is 12.3. The smallest absolute Gasteiger partial charge is 0.0441 e. The van der Waals surface area contributed by atoms with Crippen LogP contribution in [0.25, 0.3) is 0 Å². The monoisotopic (exact) mass is 246 g/mol. The van der Waals surface area contributed by atoms with Gasteiger partial charge in [-0.15, -0.1) is 0 Å². The second-order valence-electron chi connectivity index (χ2n) is 5.12. The van der Waals surface area contributed by atoms with Gasteiger partial charge < -0.3 is 10.6 Å². The van der Waals surface area contributed by atoms with Crippen molar-refractivity contribution in [3.8, 4) is 0 Å². The average molecular weight is 246 g/mol. The van der Waals surface area contributed by atoms with Crippen LogP contribution in [0.3, 0.4) is 0 Å². The maximum absolute atomic E-state index is 5.29. The first-order valence-electron chi connectivity index (χ1n) is 6.70. The first kappa shape index (κ1) is 14.8. The van der Waals surface area contributed by atoms with Crippen LogP contribution in [0.15, 0.2) is 35.5 Å². The summed E-state index contributed by atoms with van der Waals surface area (Å²) in [5.41, 5.74) is 10.9. The molecule has 0 aliphatic carbocycles. The first-order chi connectivity index (χ1) is 8.47. The maximum Gasteiger partial charge on any atom is 0.0441 e. The molecule has 2 rings (SSSR count). The SMILES string of the molecule is CC1=C(C)N(C)c2ccccc2C1.CCC(C)N. The predicted molar refractivity (Wildman–Crippen MR) is 80.9 cm³/mol. The summed E-state index contributed by atoms with van der Waals surface area (Å²) < 4.78 is 0. The maximum atomic E-state index is 5.29. The van der Waals surface area contributed by atoms with Gasteiger partial charge in [0, 0.05) is 24.5 Å². The summed E-state index contributed by atoms with van der Waals surface area (Å²) in [6, 6.07) is 8.99. The summed E-state index contributed by atoms with van der Waals surface area (Å²) >= 11 is 0. The van der Waals surface area contributed by atoms with E-state index < -0.39 is 0 Å². The van der Waals surface area contributed by atoms with Gasteiger partial charge in [-0.3, -0.25) is 0 Å². The van der Waals surface area contributed by atoms with Gasteiger partial charge in [-0.05, 0) is 50.8 Å². The molecule has 0 radical (unpaired) electrons. The molecule has 1 aliphatic rings. The van der Waals surface area contributed by atoms with Crippen LogP contribution in [-0.2, 0) is 6.42 Å². The van der Waals surface area contributed by atoms with E-state index >= 15 is 0 Å². The van der Waals surface area contributed by atoms with Crippen molar-refractivity contribution in [2.24, 2.45) is 5.73 Å². The molecule has 2 nitrogen and oxygen atoms in total. The first-order valence-corrected chi connectivity index (χ1v) is 6.70. The molecule has 18 heavy (non-hydrogen) atoms. The van der Waals surface area contributed by atoms with E-state index in [-0.39, 0.29) is 0 Å². The minimum atomic E-state index is 0.384. The number of hydrogen-bond donors (Lipinski definition) is 1. The van der Waals surface area contributed by atoms with E-state index in [1.165, 1.54) is 22.5 Å². The number of anilines is 1. The highest BCUT2D eigenvalue weighted by Crippen LogP contribution is 2.30. The molecule has 1 aromatic rings. The number of nitrogens with zero attached hydrogens (tertiary/aromatic N) is 1. The van der Waals surface area contributed by atoms with Gasteiger partial charge >= 0.3 is 0 Å². The number of rotatable bonds is 1. The van der Waals surface area contributed by atoms with Crippen molar-refractivity contribution in [3.63, 3.8) is 0 Å². The fourth-order valence-corrected chi connectivity index (χ4v) is 1.87. The molecule has 1 atom stereocenters. The standard InChI is InChI=1S/C12H15N.C4H11N/c1-9-8-11-6-4-5-7-12(11)13(3)10(9)2;1-3-4(2)5/h4-7H,8H2,1-3H3;4H,3,5H2,1-2H3. The highest BCUT2D eigenvalue weighted by Gasteiger charge is 2.15. The third-order valence-corrected chi connectivity index (χ3v) is 3.57. The molecule has 0 saturated carbocycles. The normalized spacial score (nSPS) is 15.8. The van der Waals surface area contributed by atoms with Gasteiger partial charge in [-0.25, -0.2) is 0 Å². The van der Waals surface area contributed by atoms with Gasteiger partial charge in [0.1, 0.15) is 0 Å². The third-order valence-electron chi connectivity index (χ3n) is 3.57. The van der Waals surface area contributed by atoms with Crippen molar-refractivity contribution in [1.29, 1.82) is 0 Å². The molecule has 1 aliphatic heterocycles. The molecular weight excluding hydrogens is 220 g/mol. The van der Waals surface area contributed by atoms with E-state index in [1.807, 2.05) is 6.92 Å².